The maximum absolute atomic E-state index is 5.99. The minimum atomic E-state index is 0.630. The van der Waals surface area contributed by atoms with E-state index in [0.29, 0.717) is 11.6 Å². The molecule has 0 bridgehead atoms. The number of benzene rings is 1. The fourth-order valence-electron chi connectivity index (χ4n) is 1.87. The molecule has 0 fully saturated rings. The average Bonchev–Trinajstić information content (AvgIpc) is 2.97. The van der Waals surface area contributed by atoms with Crippen LogP contribution in [0.4, 0.5) is 5.69 Å². The molecular weight excluding hydrogens is 282 g/mol. The Kier molecular flexibility index (Phi) is 3.31. The predicted octanol–water partition coefficient (Wildman–Crippen LogP) is 3.67. The van der Waals surface area contributed by atoms with Gasteiger partial charge in [0.15, 0.2) is 4.96 Å². The summed E-state index contributed by atoms with van der Waals surface area (Å²) in [4.78, 5) is 5.51. The van der Waals surface area contributed by atoms with Gasteiger partial charge in [0.05, 0.1) is 25.0 Å². The number of hydrogen-bond acceptors (Lipinski definition) is 4. The van der Waals surface area contributed by atoms with Crippen LogP contribution < -0.4 is 10.1 Å². The van der Waals surface area contributed by atoms with Crippen LogP contribution in [0.15, 0.2) is 36.0 Å². The molecule has 4 nitrogen and oxygen atoms in total. The lowest BCUT2D eigenvalue weighted by molar-refractivity contribution is 0.416. The molecule has 0 aliphatic rings. The van der Waals surface area contributed by atoms with Crippen LogP contribution in [-0.2, 0) is 6.54 Å². The van der Waals surface area contributed by atoms with Gasteiger partial charge in [-0.1, -0.05) is 11.6 Å². The zero-order valence-electron chi connectivity index (χ0n) is 10.3. The molecule has 6 heteroatoms. The lowest BCUT2D eigenvalue weighted by atomic mass is 10.3. The van der Waals surface area contributed by atoms with Crippen molar-refractivity contribution in [1.29, 1.82) is 0 Å². The van der Waals surface area contributed by atoms with Gasteiger partial charge in [-0.25, -0.2) is 4.98 Å². The molecular formula is C13H12ClN3OS. The van der Waals surface area contributed by atoms with Crippen molar-refractivity contribution in [3.63, 3.8) is 0 Å². The highest BCUT2D eigenvalue weighted by Crippen LogP contribution is 2.28. The van der Waals surface area contributed by atoms with Crippen LogP contribution in [0.5, 0.6) is 5.75 Å². The van der Waals surface area contributed by atoms with E-state index in [1.807, 2.05) is 34.3 Å². The maximum atomic E-state index is 5.99. The summed E-state index contributed by atoms with van der Waals surface area (Å²) in [5.41, 5.74) is 1.85. The quantitative estimate of drug-likeness (QED) is 0.797. The first-order valence-corrected chi connectivity index (χ1v) is 7.00. The molecule has 0 unspecified atom stereocenters. The third-order valence-corrected chi connectivity index (χ3v) is 3.77. The highest BCUT2D eigenvalue weighted by Gasteiger charge is 2.06. The largest absolute Gasteiger partial charge is 0.495 e. The van der Waals surface area contributed by atoms with Gasteiger partial charge in [0.1, 0.15) is 5.75 Å². The Morgan fingerprint density at radius 2 is 2.37 bits per heavy atom. The number of imidazole rings is 1. The lowest BCUT2D eigenvalue weighted by Gasteiger charge is -2.10. The molecule has 19 heavy (non-hydrogen) atoms. The molecule has 2 aromatic heterocycles. The number of fused-ring (bicyclic) bond motifs is 1. The molecule has 0 saturated carbocycles. The van der Waals surface area contributed by atoms with E-state index in [9.17, 15) is 0 Å². The molecule has 1 aromatic carbocycles. The summed E-state index contributed by atoms with van der Waals surface area (Å²) in [6.07, 6.45) is 4.01. The van der Waals surface area contributed by atoms with Crippen LogP contribution in [0.1, 0.15) is 5.69 Å². The smallest absolute Gasteiger partial charge is 0.193 e. The Morgan fingerprint density at radius 3 is 3.16 bits per heavy atom. The Balaban J connectivity index is 1.78. The Labute approximate surface area is 119 Å². The number of ether oxygens (including phenoxy) is 1. The van der Waals surface area contributed by atoms with Gasteiger partial charge in [0, 0.05) is 22.8 Å². The Morgan fingerprint density at radius 1 is 1.47 bits per heavy atom. The number of hydrogen-bond donors (Lipinski definition) is 1. The highest BCUT2D eigenvalue weighted by molar-refractivity contribution is 7.15. The lowest BCUT2D eigenvalue weighted by Crippen LogP contribution is -2.01. The van der Waals surface area contributed by atoms with Crippen molar-refractivity contribution >= 4 is 33.6 Å². The van der Waals surface area contributed by atoms with Crippen LogP contribution in [0.2, 0.25) is 5.02 Å². The molecule has 1 N–H and O–H groups in total. The van der Waals surface area contributed by atoms with Gasteiger partial charge < -0.3 is 10.1 Å². The molecule has 0 radical (unpaired) electrons. The number of methoxy groups -OCH3 is 1. The van der Waals surface area contributed by atoms with Crippen molar-refractivity contribution in [1.82, 2.24) is 9.38 Å². The second kappa shape index (κ2) is 5.11. The molecule has 0 aliphatic carbocycles. The number of rotatable bonds is 4. The van der Waals surface area contributed by atoms with Gasteiger partial charge in [0.25, 0.3) is 0 Å². The van der Waals surface area contributed by atoms with E-state index in [0.717, 1.165) is 22.1 Å². The van der Waals surface area contributed by atoms with Crippen molar-refractivity contribution in [2.24, 2.45) is 0 Å². The zero-order chi connectivity index (χ0) is 13.2. The first kappa shape index (κ1) is 12.3. The van der Waals surface area contributed by atoms with Crippen molar-refractivity contribution in [2.45, 2.75) is 6.54 Å². The Bertz CT molecular complexity index is 678. The first-order valence-electron chi connectivity index (χ1n) is 5.75. The van der Waals surface area contributed by atoms with Gasteiger partial charge in [0.2, 0.25) is 0 Å². The second-order valence-electron chi connectivity index (χ2n) is 4.02. The fraction of sp³-hybridized carbons (Fsp3) is 0.154. The number of anilines is 1. The molecule has 3 aromatic rings. The van der Waals surface area contributed by atoms with E-state index in [1.54, 1.807) is 24.5 Å². The summed E-state index contributed by atoms with van der Waals surface area (Å²) in [5.74, 6) is 0.769. The fourth-order valence-corrected chi connectivity index (χ4v) is 2.76. The van der Waals surface area contributed by atoms with Gasteiger partial charge in [-0.2, -0.15) is 0 Å². The molecule has 0 atom stereocenters. The average molecular weight is 294 g/mol. The molecule has 0 saturated heterocycles. The number of nitrogens with zero attached hydrogens (tertiary/aromatic N) is 2. The zero-order valence-corrected chi connectivity index (χ0v) is 11.8. The first-order chi connectivity index (χ1) is 9.26. The van der Waals surface area contributed by atoms with Gasteiger partial charge in [-0.3, -0.25) is 4.40 Å². The van der Waals surface area contributed by atoms with Crippen LogP contribution in [0.3, 0.4) is 0 Å². The molecule has 2 heterocycles. The molecule has 0 amide bonds. The SMILES string of the molecule is COc1ccc(Cl)cc1NCc1cn2ccsc2n1. The van der Waals surface area contributed by atoms with E-state index in [2.05, 4.69) is 10.3 Å². The summed E-state index contributed by atoms with van der Waals surface area (Å²) < 4.78 is 7.30. The number of thiazole rings is 1. The van der Waals surface area contributed by atoms with Crippen molar-refractivity contribution < 1.29 is 4.74 Å². The summed E-state index contributed by atoms with van der Waals surface area (Å²) in [6.45, 7) is 0.630. The van der Waals surface area contributed by atoms with Gasteiger partial charge in [-0.05, 0) is 18.2 Å². The van der Waals surface area contributed by atoms with E-state index < -0.39 is 0 Å². The summed E-state index contributed by atoms with van der Waals surface area (Å²) in [5, 5.41) is 5.98. The van der Waals surface area contributed by atoms with Crippen LogP contribution in [-0.4, -0.2) is 16.5 Å². The van der Waals surface area contributed by atoms with Crippen LogP contribution >= 0.6 is 22.9 Å². The molecule has 98 valence electrons. The van der Waals surface area contributed by atoms with Crippen molar-refractivity contribution in [3.8, 4) is 5.75 Å². The second-order valence-corrected chi connectivity index (χ2v) is 5.33. The van der Waals surface area contributed by atoms with E-state index >= 15 is 0 Å². The summed E-state index contributed by atoms with van der Waals surface area (Å²) in [6, 6.07) is 5.49. The summed E-state index contributed by atoms with van der Waals surface area (Å²) in [7, 11) is 1.64. The van der Waals surface area contributed by atoms with Gasteiger partial charge >= 0.3 is 0 Å². The summed E-state index contributed by atoms with van der Waals surface area (Å²) >= 11 is 7.61. The van der Waals surface area contributed by atoms with Crippen molar-refractivity contribution in [2.75, 3.05) is 12.4 Å². The third kappa shape index (κ3) is 2.52. The van der Waals surface area contributed by atoms with Crippen LogP contribution in [0.25, 0.3) is 4.96 Å². The normalized spacial score (nSPS) is 10.8. The maximum Gasteiger partial charge on any atom is 0.193 e. The number of aromatic nitrogens is 2. The van der Waals surface area contributed by atoms with E-state index in [1.165, 1.54) is 0 Å². The van der Waals surface area contributed by atoms with E-state index in [-0.39, 0.29) is 0 Å². The standard InChI is InChI=1S/C13H12ClN3OS/c1-18-12-3-2-9(14)6-11(12)15-7-10-8-17-4-5-19-13(17)16-10/h2-6,8,15H,7H2,1H3. The topological polar surface area (TPSA) is 38.6 Å². The van der Waals surface area contributed by atoms with Crippen LogP contribution in [0, 0.1) is 0 Å². The highest BCUT2D eigenvalue weighted by atomic mass is 35.5. The van der Waals surface area contributed by atoms with Gasteiger partial charge in [-0.15, -0.1) is 11.3 Å². The number of nitrogens with one attached hydrogen (secondary N) is 1. The minimum absolute atomic E-state index is 0.630. The third-order valence-electron chi connectivity index (χ3n) is 2.76. The number of halogens is 1. The van der Waals surface area contributed by atoms with Crippen molar-refractivity contribution in [3.05, 3.63) is 46.7 Å². The predicted molar refractivity (Wildman–Crippen MR) is 78.4 cm³/mol. The molecule has 0 aliphatic heterocycles. The minimum Gasteiger partial charge on any atom is -0.495 e. The monoisotopic (exact) mass is 293 g/mol. The van der Waals surface area contributed by atoms with E-state index in [4.69, 9.17) is 16.3 Å². The molecule has 3 rings (SSSR count). The molecule has 0 spiro atoms. The Hall–Kier alpha value is -1.72.